The molecule has 3 aromatic rings. The van der Waals surface area contributed by atoms with Gasteiger partial charge < -0.3 is 9.52 Å². The molecule has 0 atom stereocenters. The van der Waals surface area contributed by atoms with E-state index in [1.807, 2.05) is 0 Å². The number of rotatable bonds is 4. The van der Waals surface area contributed by atoms with Crippen molar-refractivity contribution in [2.45, 2.75) is 0 Å². The minimum absolute atomic E-state index is 0.0148. The molecule has 3 rings (SSSR count). The molecule has 0 spiro atoms. The molecule has 8 heteroatoms. The first kappa shape index (κ1) is 18.9. The van der Waals surface area contributed by atoms with Crippen molar-refractivity contribution in [2.24, 2.45) is 5.10 Å². The van der Waals surface area contributed by atoms with Crippen LogP contribution in [-0.2, 0) is 0 Å². The summed E-state index contributed by atoms with van der Waals surface area (Å²) in [5.41, 5.74) is 4.12. The molecule has 2 N–H and O–H groups in total. The molecule has 0 fully saturated rings. The van der Waals surface area contributed by atoms with Gasteiger partial charge in [-0.05, 0) is 80.4 Å². The van der Waals surface area contributed by atoms with E-state index in [2.05, 4.69) is 48.5 Å². The molecule has 0 aliphatic carbocycles. The number of nitrogens with zero attached hydrogens (tertiary/aromatic N) is 2. The molecule has 1 heterocycles. The predicted molar refractivity (Wildman–Crippen MR) is 107 cm³/mol. The van der Waals surface area contributed by atoms with Crippen LogP contribution in [0.25, 0.3) is 11.3 Å². The number of halogens is 2. The molecule has 0 aliphatic rings. The maximum absolute atomic E-state index is 12.1. The Morgan fingerprint density at radius 2 is 1.81 bits per heavy atom. The van der Waals surface area contributed by atoms with E-state index in [1.54, 1.807) is 36.4 Å². The number of hydrogen-bond acceptors (Lipinski definition) is 5. The number of furan rings is 1. The van der Waals surface area contributed by atoms with Crippen molar-refractivity contribution in [3.05, 3.63) is 74.4 Å². The summed E-state index contributed by atoms with van der Waals surface area (Å²) in [6.07, 6.45) is 1.38. The minimum atomic E-state index is -0.438. The van der Waals surface area contributed by atoms with Crippen molar-refractivity contribution in [3.8, 4) is 23.1 Å². The van der Waals surface area contributed by atoms with E-state index in [4.69, 9.17) is 9.68 Å². The summed E-state index contributed by atoms with van der Waals surface area (Å²) in [6.45, 7) is 0. The van der Waals surface area contributed by atoms with Gasteiger partial charge in [0.1, 0.15) is 17.3 Å². The standard InChI is InChI=1S/C19H11Br2N3O3/c20-15-7-13(8-16(21)18(15)25)19(26)24-23-10-14-5-6-17(27-14)12-3-1-11(9-22)2-4-12/h1-8,10,25H,(H,24,26)/b23-10-. The van der Waals surface area contributed by atoms with Crippen LogP contribution >= 0.6 is 31.9 Å². The third-order valence-corrected chi connectivity index (χ3v) is 4.77. The van der Waals surface area contributed by atoms with Gasteiger partial charge in [-0.15, -0.1) is 0 Å². The van der Waals surface area contributed by atoms with E-state index >= 15 is 0 Å². The number of amides is 1. The number of hydrogen-bond donors (Lipinski definition) is 2. The quantitative estimate of drug-likeness (QED) is 0.406. The van der Waals surface area contributed by atoms with Gasteiger partial charge in [-0.2, -0.15) is 10.4 Å². The number of carbonyl (C=O) groups excluding carboxylic acids is 1. The Hall–Kier alpha value is -2.89. The summed E-state index contributed by atoms with van der Waals surface area (Å²) in [4.78, 5) is 12.1. The Morgan fingerprint density at radius 3 is 2.44 bits per heavy atom. The normalized spacial score (nSPS) is 10.7. The van der Waals surface area contributed by atoms with E-state index in [0.717, 1.165) is 5.56 Å². The molecule has 2 aromatic carbocycles. The molecule has 0 radical (unpaired) electrons. The van der Waals surface area contributed by atoms with E-state index in [9.17, 15) is 9.90 Å². The molecular weight excluding hydrogens is 478 g/mol. The lowest BCUT2D eigenvalue weighted by atomic mass is 10.1. The van der Waals surface area contributed by atoms with Gasteiger partial charge in [0.25, 0.3) is 5.91 Å². The van der Waals surface area contributed by atoms with Crippen LogP contribution in [0.1, 0.15) is 21.7 Å². The zero-order valence-electron chi connectivity index (χ0n) is 13.6. The highest BCUT2D eigenvalue weighted by Crippen LogP contribution is 2.33. The zero-order valence-corrected chi connectivity index (χ0v) is 16.8. The number of phenolic OH excluding ortho intramolecular Hbond substituents is 1. The molecule has 134 valence electrons. The highest BCUT2D eigenvalue weighted by Gasteiger charge is 2.11. The van der Waals surface area contributed by atoms with Gasteiger partial charge in [-0.1, -0.05) is 0 Å². The van der Waals surface area contributed by atoms with Gasteiger partial charge in [0, 0.05) is 11.1 Å². The van der Waals surface area contributed by atoms with Crippen molar-refractivity contribution in [2.75, 3.05) is 0 Å². The molecule has 6 nitrogen and oxygen atoms in total. The second kappa shape index (κ2) is 8.20. The number of nitriles is 1. The van der Waals surface area contributed by atoms with E-state index < -0.39 is 5.91 Å². The number of nitrogens with one attached hydrogen (secondary N) is 1. The van der Waals surface area contributed by atoms with Crippen molar-refractivity contribution >= 4 is 44.0 Å². The molecule has 0 bridgehead atoms. The van der Waals surface area contributed by atoms with Crippen LogP contribution in [0.2, 0.25) is 0 Å². The van der Waals surface area contributed by atoms with Crippen molar-refractivity contribution in [3.63, 3.8) is 0 Å². The molecule has 0 unspecified atom stereocenters. The first-order chi connectivity index (χ1) is 13.0. The van der Waals surface area contributed by atoms with Crippen molar-refractivity contribution in [1.29, 1.82) is 5.26 Å². The van der Waals surface area contributed by atoms with Gasteiger partial charge in [-0.3, -0.25) is 4.79 Å². The molecule has 0 aliphatic heterocycles. The SMILES string of the molecule is N#Cc1ccc(-c2ccc(/C=N\NC(=O)c3cc(Br)c(O)c(Br)c3)o2)cc1. The van der Waals surface area contributed by atoms with Gasteiger partial charge in [0.15, 0.2) is 0 Å². The molecular formula is C19H11Br2N3O3. The fourth-order valence-corrected chi connectivity index (χ4v) is 3.39. The molecule has 0 saturated carbocycles. The van der Waals surface area contributed by atoms with E-state index in [1.165, 1.54) is 18.3 Å². The van der Waals surface area contributed by atoms with Crippen LogP contribution < -0.4 is 5.43 Å². The molecule has 1 aromatic heterocycles. The number of carbonyl (C=O) groups is 1. The van der Waals surface area contributed by atoms with E-state index in [0.29, 0.717) is 31.6 Å². The van der Waals surface area contributed by atoms with Gasteiger partial charge >= 0.3 is 0 Å². The maximum atomic E-state index is 12.1. The monoisotopic (exact) mass is 487 g/mol. The first-order valence-electron chi connectivity index (χ1n) is 7.59. The number of phenols is 1. The summed E-state index contributed by atoms with van der Waals surface area (Å²) in [5.74, 6) is 0.661. The highest BCUT2D eigenvalue weighted by atomic mass is 79.9. The number of aromatic hydroxyl groups is 1. The smallest absolute Gasteiger partial charge is 0.271 e. The lowest BCUT2D eigenvalue weighted by Crippen LogP contribution is -2.17. The Labute approximate surface area is 171 Å². The van der Waals surface area contributed by atoms with Crippen LogP contribution in [0.4, 0.5) is 0 Å². The average molecular weight is 489 g/mol. The maximum Gasteiger partial charge on any atom is 0.271 e. The second-order valence-electron chi connectivity index (χ2n) is 5.38. The van der Waals surface area contributed by atoms with Crippen molar-refractivity contribution in [1.82, 2.24) is 5.43 Å². The lowest BCUT2D eigenvalue weighted by Gasteiger charge is -2.04. The van der Waals surface area contributed by atoms with E-state index in [-0.39, 0.29) is 5.75 Å². The van der Waals surface area contributed by atoms with Crippen LogP contribution in [0.15, 0.2) is 67.0 Å². The summed E-state index contributed by atoms with van der Waals surface area (Å²) in [5, 5.41) is 22.4. The largest absolute Gasteiger partial charge is 0.506 e. The fourth-order valence-electron chi connectivity index (χ4n) is 2.20. The van der Waals surface area contributed by atoms with Gasteiger partial charge in [-0.25, -0.2) is 5.43 Å². The van der Waals surface area contributed by atoms with Crippen LogP contribution in [0.3, 0.4) is 0 Å². The Balaban J connectivity index is 1.67. The number of hydrazone groups is 1. The van der Waals surface area contributed by atoms with Crippen LogP contribution in [0.5, 0.6) is 5.75 Å². The summed E-state index contributed by atoms with van der Waals surface area (Å²) in [6, 6.07) is 15.5. The summed E-state index contributed by atoms with van der Waals surface area (Å²) in [7, 11) is 0. The Kier molecular flexibility index (Phi) is 5.74. The average Bonchev–Trinajstić information content (AvgIpc) is 3.14. The third kappa shape index (κ3) is 4.45. The molecule has 1 amide bonds. The summed E-state index contributed by atoms with van der Waals surface area (Å²) < 4.78 is 6.44. The molecule has 27 heavy (non-hydrogen) atoms. The highest BCUT2D eigenvalue weighted by molar-refractivity contribution is 9.11. The topological polar surface area (TPSA) is 98.6 Å². The summed E-state index contributed by atoms with van der Waals surface area (Å²) >= 11 is 6.35. The van der Waals surface area contributed by atoms with Crippen molar-refractivity contribution < 1.29 is 14.3 Å². The fraction of sp³-hybridized carbons (Fsp3) is 0. The molecule has 0 saturated heterocycles. The lowest BCUT2D eigenvalue weighted by molar-refractivity contribution is 0.0955. The third-order valence-electron chi connectivity index (χ3n) is 3.56. The first-order valence-corrected chi connectivity index (χ1v) is 9.18. The van der Waals surface area contributed by atoms with Crippen LogP contribution in [-0.4, -0.2) is 17.2 Å². The predicted octanol–water partition coefficient (Wildman–Crippen LogP) is 4.81. The number of benzene rings is 2. The van der Waals surface area contributed by atoms with Crippen LogP contribution in [0, 0.1) is 11.3 Å². The van der Waals surface area contributed by atoms with Gasteiger partial charge in [0.2, 0.25) is 0 Å². The minimum Gasteiger partial charge on any atom is -0.506 e. The zero-order chi connectivity index (χ0) is 19.4. The second-order valence-corrected chi connectivity index (χ2v) is 7.09. The Bertz CT molecular complexity index is 1040. The Morgan fingerprint density at radius 1 is 1.15 bits per heavy atom. The van der Waals surface area contributed by atoms with Gasteiger partial charge in [0.05, 0.1) is 26.8 Å².